The first-order valence-electron chi connectivity index (χ1n) is 7.27. The fourth-order valence-electron chi connectivity index (χ4n) is 2.07. The van der Waals surface area contributed by atoms with Crippen LogP contribution in [0.5, 0.6) is 0 Å². The van der Waals surface area contributed by atoms with Gasteiger partial charge in [-0.2, -0.15) is 0 Å². The van der Waals surface area contributed by atoms with E-state index < -0.39 is 0 Å². The van der Waals surface area contributed by atoms with Crippen molar-refractivity contribution in [1.29, 1.82) is 0 Å². The van der Waals surface area contributed by atoms with E-state index in [-0.39, 0.29) is 11.7 Å². The predicted molar refractivity (Wildman–Crippen MR) is 82.6 cm³/mol. The maximum Gasteiger partial charge on any atom is 0.290 e. The summed E-state index contributed by atoms with van der Waals surface area (Å²) in [7, 11) is 0. The molecule has 0 saturated carbocycles. The number of para-hydroxylation sites is 1. The van der Waals surface area contributed by atoms with Crippen molar-refractivity contribution >= 4 is 5.91 Å². The van der Waals surface area contributed by atoms with Crippen molar-refractivity contribution < 1.29 is 4.79 Å². The second-order valence-electron chi connectivity index (χ2n) is 5.62. The highest BCUT2D eigenvalue weighted by Crippen LogP contribution is 2.14. The molecule has 0 saturated heterocycles. The summed E-state index contributed by atoms with van der Waals surface area (Å²) >= 11 is 0. The van der Waals surface area contributed by atoms with E-state index in [1.807, 2.05) is 38.1 Å². The first kappa shape index (κ1) is 15.2. The molecule has 5 nitrogen and oxygen atoms in total. The second kappa shape index (κ2) is 6.52. The zero-order valence-electron chi connectivity index (χ0n) is 13.1. The van der Waals surface area contributed by atoms with Crippen LogP contribution in [0.2, 0.25) is 0 Å². The summed E-state index contributed by atoms with van der Waals surface area (Å²) in [6, 6.07) is 7.91. The number of hydrogen-bond donors (Lipinski definition) is 1. The number of aryl methyl sites for hydroxylation is 2. The van der Waals surface area contributed by atoms with Crippen molar-refractivity contribution in [2.75, 3.05) is 6.54 Å². The molecular weight excluding hydrogens is 264 g/mol. The van der Waals surface area contributed by atoms with E-state index >= 15 is 0 Å². The van der Waals surface area contributed by atoms with Crippen LogP contribution in [0.25, 0.3) is 5.69 Å². The minimum absolute atomic E-state index is 0.217. The maximum atomic E-state index is 12.1. The molecule has 21 heavy (non-hydrogen) atoms. The highest BCUT2D eigenvalue weighted by molar-refractivity contribution is 5.90. The zero-order valence-corrected chi connectivity index (χ0v) is 13.1. The Morgan fingerprint density at radius 3 is 2.67 bits per heavy atom. The van der Waals surface area contributed by atoms with Crippen LogP contribution < -0.4 is 5.32 Å². The second-order valence-corrected chi connectivity index (χ2v) is 5.62. The van der Waals surface area contributed by atoms with Crippen molar-refractivity contribution in [3.05, 3.63) is 41.5 Å². The van der Waals surface area contributed by atoms with E-state index in [0.29, 0.717) is 18.3 Å². The van der Waals surface area contributed by atoms with Crippen LogP contribution in [0.4, 0.5) is 0 Å². The van der Waals surface area contributed by atoms with Crippen LogP contribution in [0.1, 0.15) is 42.3 Å². The largest absolute Gasteiger partial charge is 0.349 e. The molecule has 112 valence electrons. The lowest BCUT2D eigenvalue weighted by Crippen LogP contribution is -2.26. The lowest BCUT2D eigenvalue weighted by molar-refractivity contribution is 0.0941. The lowest BCUT2D eigenvalue weighted by Gasteiger charge is -2.06. The Labute approximate surface area is 125 Å². The summed E-state index contributed by atoms with van der Waals surface area (Å²) in [5.41, 5.74) is 2.04. The molecule has 1 heterocycles. The summed E-state index contributed by atoms with van der Waals surface area (Å²) in [5, 5.41) is 7.19. The Morgan fingerprint density at radius 2 is 2.00 bits per heavy atom. The van der Waals surface area contributed by atoms with Crippen LogP contribution in [0.3, 0.4) is 0 Å². The molecule has 1 aromatic carbocycles. The highest BCUT2D eigenvalue weighted by atomic mass is 16.2. The number of nitrogens with one attached hydrogen (secondary N) is 1. The molecule has 0 aliphatic carbocycles. The maximum absolute atomic E-state index is 12.1. The monoisotopic (exact) mass is 286 g/mol. The third kappa shape index (κ3) is 3.68. The first-order chi connectivity index (χ1) is 9.99. The van der Waals surface area contributed by atoms with E-state index in [2.05, 4.69) is 29.2 Å². The smallest absolute Gasteiger partial charge is 0.290 e. The van der Waals surface area contributed by atoms with Crippen molar-refractivity contribution in [3.8, 4) is 5.69 Å². The molecule has 0 radical (unpaired) electrons. The Morgan fingerprint density at radius 1 is 1.29 bits per heavy atom. The molecule has 5 heteroatoms. The molecule has 0 bridgehead atoms. The van der Waals surface area contributed by atoms with Crippen molar-refractivity contribution in [1.82, 2.24) is 20.1 Å². The molecule has 0 aliphatic heterocycles. The van der Waals surface area contributed by atoms with E-state index in [1.165, 1.54) is 0 Å². The Bertz CT molecular complexity index is 631. The van der Waals surface area contributed by atoms with Gasteiger partial charge in [-0.25, -0.2) is 9.67 Å². The molecule has 0 atom stereocenters. The van der Waals surface area contributed by atoms with Crippen molar-refractivity contribution in [2.24, 2.45) is 5.92 Å². The summed E-state index contributed by atoms with van der Waals surface area (Å²) in [5.74, 6) is 1.27. The van der Waals surface area contributed by atoms with Gasteiger partial charge in [0, 0.05) is 6.54 Å². The topological polar surface area (TPSA) is 59.8 Å². The fourth-order valence-corrected chi connectivity index (χ4v) is 2.07. The number of hydrogen-bond acceptors (Lipinski definition) is 3. The molecule has 0 unspecified atom stereocenters. The Kier molecular flexibility index (Phi) is 4.73. The minimum Gasteiger partial charge on any atom is -0.349 e. The highest BCUT2D eigenvalue weighted by Gasteiger charge is 2.15. The van der Waals surface area contributed by atoms with Gasteiger partial charge in [-0.05, 0) is 37.8 Å². The zero-order chi connectivity index (χ0) is 15.4. The van der Waals surface area contributed by atoms with Gasteiger partial charge in [-0.1, -0.05) is 32.0 Å². The first-order valence-corrected chi connectivity index (χ1v) is 7.27. The predicted octanol–water partition coefficient (Wildman–Crippen LogP) is 2.66. The third-order valence-electron chi connectivity index (χ3n) is 3.32. The SMILES string of the molecule is Cc1ccccc1-n1nc(C(=O)NCCC(C)C)nc1C. The summed E-state index contributed by atoms with van der Waals surface area (Å²) in [6.45, 7) is 8.76. The Hall–Kier alpha value is -2.17. The number of nitrogens with zero attached hydrogens (tertiary/aromatic N) is 3. The number of amides is 1. The minimum atomic E-state index is -0.217. The molecular formula is C16H22N4O. The number of carbonyl (C=O) groups is 1. The van der Waals surface area contributed by atoms with E-state index in [9.17, 15) is 4.79 Å². The van der Waals surface area contributed by atoms with Crippen LogP contribution in [0, 0.1) is 19.8 Å². The van der Waals surface area contributed by atoms with Gasteiger partial charge in [0.05, 0.1) is 5.69 Å². The standard InChI is InChI=1S/C16H22N4O/c1-11(2)9-10-17-16(21)15-18-13(4)20(19-15)14-8-6-5-7-12(14)3/h5-8,11H,9-10H2,1-4H3,(H,17,21). The van der Waals surface area contributed by atoms with E-state index in [0.717, 1.165) is 17.7 Å². The lowest BCUT2D eigenvalue weighted by atomic mass is 10.1. The van der Waals surface area contributed by atoms with Gasteiger partial charge < -0.3 is 5.32 Å². The fraction of sp³-hybridized carbons (Fsp3) is 0.438. The van der Waals surface area contributed by atoms with Gasteiger partial charge >= 0.3 is 0 Å². The van der Waals surface area contributed by atoms with Crippen LogP contribution >= 0.6 is 0 Å². The van der Waals surface area contributed by atoms with Gasteiger partial charge in [0.25, 0.3) is 5.91 Å². The van der Waals surface area contributed by atoms with E-state index in [4.69, 9.17) is 0 Å². The summed E-state index contributed by atoms with van der Waals surface area (Å²) < 4.78 is 1.71. The molecule has 2 aromatic rings. The van der Waals surface area contributed by atoms with Crippen LogP contribution in [0.15, 0.2) is 24.3 Å². The Balaban J connectivity index is 2.16. The molecule has 1 N–H and O–H groups in total. The third-order valence-corrected chi connectivity index (χ3v) is 3.32. The normalized spacial score (nSPS) is 10.9. The number of aromatic nitrogens is 3. The molecule has 0 fully saturated rings. The van der Waals surface area contributed by atoms with Crippen molar-refractivity contribution in [3.63, 3.8) is 0 Å². The van der Waals surface area contributed by atoms with Crippen LogP contribution in [-0.2, 0) is 0 Å². The number of rotatable bonds is 5. The van der Waals surface area contributed by atoms with Gasteiger partial charge in [0.1, 0.15) is 5.82 Å². The van der Waals surface area contributed by atoms with Gasteiger partial charge in [0.2, 0.25) is 5.82 Å². The molecule has 0 aliphatic rings. The number of benzene rings is 1. The average molecular weight is 286 g/mol. The number of carbonyl (C=O) groups excluding carboxylic acids is 1. The molecule has 2 rings (SSSR count). The van der Waals surface area contributed by atoms with Gasteiger partial charge in [-0.15, -0.1) is 5.10 Å². The van der Waals surface area contributed by atoms with Gasteiger partial charge in [0.15, 0.2) is 0 Å². The molecule has 1 amide bonds. The average Bonchev–Trinajstić information content (AvgIpc) is 2.81. The molecule has 0 spiro atoms. The van der Waals surface area contributed by atoms with Crippen molar-refractivity contribution in [2.45, 2.75) is 34.1 Å². The quantitative estimate of drug-likeness (QED) is 0.919. The van der Waals surface area contributed by atoms with E-state index in [1.54, 1.807) is 4.68 Å². The molecule has 1 aromatic heterocycles. The summed E-state index contributed by atoms with van der Waals surface area (Å²) in [6.07, 6.45) is 0.948. The summed E-state index contributed by atoms with van der Waals surface area (Å²) in [4.78, 5) is 16.3. The van der Waals surface area contributed by atoms with Crippen LogP contribution in [-0.4, -0.2) is 27.2 Å². The van der Waals surface area contributed by atoms with Gasteiger partial charge in [-0.3, -0.25) is 4.79 Å².